The van der Waals surface area contributed by atoms with Crippen LogP contribution in [-0.2, 0) is 14.9 Å². The molecule has 2 aliphatic rings. The minimum absolute atomic E-state index is 0.0250. The van der Waals surface area contributed by atoms with Gasteiger partial charge in [0.05, 0.1) is 6.54 Å². The molecule has 3 rings (SSSR count). The molecular weight excluding hydrogens is 364 g/mol. The molecule has 0 aliphatic carbocycles. The van der Waals surface area contributed by atoms with E-state index in [1.807, 2.05) is 18.7 Å². The first-order chi connectivity index (χ1) is 14.0. The lowest BCUT2D eigenvalue weighted by Gasteiger charge is -2.36. The van der Waals surface area contributed by atoms with E-state index in [9.17, 15) is 4.79 Å². The molecule has 29 heavy (non-hydrogen) atoms. The summed E-state index contributed by atoms with van der Waals surface area (Å²) in [4.78, 5) is 19.2. The number of rotatable bonds is 6. The maximum Gasteiger partial charge on any atom is 0.225 e. The van der Waals surface area contributed by atoms with Crippen LogP contribution in [0.2, 0.25) is 0 Å². The summed E-state index contributed by atoms with van der Waals surface area (Å²) in [6.45, 7) is 10.7. The molecular formula is C23H36N4O2. The molecule has 6 heteroatoms. The molecule has 2 N–H and O–H groups in total. The molecule has 160 valence electrons. The lowest BCUT2D eigenvalue weighted by molar-refractivity contribution is -0.133. The van der Waals surface area contributed by atoms with Crippen LogP contribution in [0.1, 0.15) is 45.6 Å². The van der Waals surface area contributed by atoms with Crippen LogP contribution in [0.5, 0.6) is 0 Å². The van der Waals surface area contributed by atoms with Gasteiger partial charge in [0.25, 0.3) is 0 Å². The monoisotopic (exact) mass is 400 g/mol. The highest BCUT2D eigenvalue weighted by molar-refractivity contribution is 5.81. The van der Waals surface area contributed by atoms with E-state index in [1.165, 1.54) is 5.56 Å². The van der Waals surface area contributed by atoms with Crippen LogP contribution in [0.25, 0.3) is 0 Å². The number of guanidine groups is 1. The molecule has 6 nitrogen and oxygen atoms in total. The lowest BCUT2D eigenvalue weighted by Crippen LogP contribution is -2.46. The van der Waals surface area contributed by atoms with Crippen molar-refractivity contribution >= 4 is 11.9 Å². The van der Waals surface area contributed by atoms with Crippen LogP contribution in [0, 0.1) is 5.92 Å². The Bertz CT molecular complexity index is 683. The Labute approximate surface area is 175 Å². The summed E-state index contributed by atoms with van der Waals surface area (Å²) < 4.78 is 5.64. The fourth-order valence-electron chi connectivity index (χ4n) is 4.28. The van der Waals surface area contributed by atoms with E-state index in [0.717, 1.165) is 64.6 Å². The molecule has 2 fully saturated rings. The molecule has 1 amide bonds. The number of carbonyl (C=O) groups is 1. The third-order valence-electron chi connectivity index (χ3n) is 6.05. The Kier molecular flexibility index (Phi) is 7.53. The smallest absolute Gasteiger partial charge is 0.225 e. The van der Waals surface area contributed by atoms with E-state index >= 15 is 0 Å². The van der Waals surface area contributed by atoms with Crippen molar-refractivity contribution in [1.82, 2.24) is 15.5 Å². The van der Waals surface area contributed by atoms with Gasteiger partial charge >= 0.3 is 0 Å². The molecule has 1 atom stereocenters. The third-order valence-corrected chi connectivity index (χ3v) is 6.05. The Morgan fingerprint density at radius 1 is 1.28 bits per heavy atom. The average molecular weight is 401 g/mol. The zero-order valence-corrected chi connectivity index (χ0v) is 18.1. The molecule has 0 saturated carbocycles. The number of benzene rings is 1. The first kappa shape index (κ1) is 21.6. The highest BCUT2D eigenvalue weighted by Crippen LogP contribution is 2.35. The maximum absolute atomic E-state index is 12.3. The Morgan fingerprint density at radius 2 is 2.00 bits per heavy atom. The lowest BCUT2D eigenvalue weighted by atomic mass is 9.74. The number of ether oxygens (including phenoxy) is 1. The van der Waals surface area contributed by atoms with Crippen LogP contribution < -0.4 is 10.6 Å². The molecule has 0 bridgehead atoms. The molecule has 2 heterocycles. The van der Waals surface area contributed by atoms with Gasteiger partial charge in [-0.05, 0) is 31.7 Å². The summed E-state index contributed by atoms with van der Waals surface area (Å²) >= 11 is 0. The number of nitrogens with zero attached hydrogens (tertiary/aromatic N) is 2. The van der Waals surface area contributed by atoms with Crippen molar-refractivity contribution in [3.63, 3.8) is 0 Å². The largest absolute Gasteiger partial charge is 0.381 e. The summed E-state index contributed by atoms with van der Waals surface area (Å²) in [5.74, 6) is 1.13. The number of hydrogen-bond donors (Lipinski definition) is 2. The van der Waals surface area contributed by atoms with Crippen molar-refractivity contribution in [2.75, 3.05) is 39.4 Å². The maximum atomic E-state index is 12.3. The van der Waals surface area contributed by atoms with E-state index in [0.29, 0.717) is 0 Å². The van der Waals surface area contributed by atoms with Crippen molar-refractivity contribution in [2.45, 2.75) is 51.5 Å². The Balaban J connectivity index is 1.69. The van der Waals surface area contributed by atoms with Gasteiger partial charge in [-0.15, -0.1) is 0 Å². The predicted octanol–water partition coefficient (Wildman–Crippen LogP) is 2.55. The molecule has 0 aromatic heterocycles. The first-order valence-corrected chi connectivity index (χ1v) is 11.0. The molecule has 0 radical (unpaired) electrons. The average Bonchev–Trinajstić information content (AvgIpc) is 3.21. The van der Waals surface area contributed by atoms with Gasteiger partial charge in [0.1, 0.15) is 0 Å². The van der Waals surface area contributed by atoms with E-state index < -0.39 is 0 Å². The second kappa shape index (κ2) is 10.1. The van der Waals surface area contributed by atoms with Gasteiger partial charge in [-0.2, -0.15) is 0 Å². The Hall–Kier alpha value is -2.08. The van der Waals surface area contributed by atoms with Crippen LogP contribution in [-0.4, -0.2) is 62.2 Å². The second-order valence-electron chi connectivity index (χ2n) is 8.52. The van der Waals surface area contributed by atoms with Gasteiger partial charge in [0.15, 0.2) is 5.96 Å². The van der Waals surface area contributed by atoms with Crippen molar-refractivity contribution < 1.29 is 9.53 Å². The van der Waals surface area contributed by atoms with Gasteiger partial charge in [-0.3, -0.25) is 9.79 Å². The number of hydrogen-bond acceptors (Lipinski definition) is 3. The molecule has 2 saturated heterocycles. The summed E-state index contributed by atoms with van der Waals surface area (Å²) in [7, 11) is 0. The highest BCUT2D eigenvalue weighted by Gasteiger charge is 2.34. The standard InChI is InChI=1S/C23H36N4O2/c1-4-24-22(26-20-10-13-27(16-20)21(28)18(2)3)25-17-23(11-14-29-15-12-23)19-8-6-5-7-9-19/h5-9,18,20H,4,10-17H2,1-3H3,(H2,24,25,26). The number of aliphatic imine (C=N–C) groups is 1. The zero-order valence-electron chi connectivity index (χ0n) is 18.1. The molecule has 2 aliphatic heterocycles. The van der Waals surface area contributed by atoms with Crippen molar-refractivity contribution in [1.29, 1.82) is 0 Å². The van der Waals surface area contributed by atoms with E-state index in [2.05, 4.69) is 47.9 Å². The SMILES string of the molecule is CCNC(=NCC1(c2ccccc2)CCOCC1)NC1CCN(C(=O)C(C)C)C1. The highest BCUT2D eigenvalue weighted by atomic mass is 16.5. The van der Waals surface area contributed by atoms with Crippen LogP contribution in [0.3, 0.4) is 0 Å². The van der Waals surface area contributed by atoms with E-state index in [1.54, 1.807) is 0 Å². The van der Waals surface area contributed by atoms with Gasteiger partial charge in [-0.1, -0.05) is 44.2 Å². The van der Waals surface area contributed by atoms with Crippen LogP contribution in [0.4, 0.5) is 0 Å². The fourth-order valence-corrected chi connectivity index (χ4v) is 4.28. The number of likely N-dealkylation sites (tertiary alicyclic amines) is 1. The van der Waals surface area contributed by atoms with E-state index in [4.69, 9.17) is 9.73 Å². The topological polar surface area (TPSA) is 66.0 Å². The predicted molar refractivity (Wildman–Crippen MR) is 117 cm³/mol. The van der Waals surface area contributed by atoms with Crippen LogP contribution >= 0.6 is 0 Å². The van der Waals surface area contributed by atoms with Crippen molar-refractivity contribution in [2.24, 2.45) is 10.9 Å². The van der Waals surface area contributed by atoms with Crippen molar-refractivity contribution in [3.8, 4) is 0 Å². The second-order valence-corrected chi connectivity index (χ2v) is 8.52. The minimum Gasteiger partial charge on any atom is -0.381 e. The normalized spacial score (nSPS) is 22.0. The number of amides is 1. The first-order valence-electron chi connectivity index (χ1n) is 11.0. The molecule has 1 unspecified atom stereocenters. The van der Waals surface area contributed by atoms with Gasteiger partial charge in [-0.25, -0.2) is 0 Å². The minimum atomic E-state index is 0.0250. The summed E-state index contributed by atoms with van der Waals surface area (Å²) in [6.07, 6.45) is 2.93. The summed E-state index contributed by atoms with van der Waals surface area (Å²) in [6, 6.07) is 11.0. The fraction of sp³-hybridized carbons (Fsp3) is 0.652. The van der Waals surface area contributed by atoms with Gasteiger partial charge < -0.3 is 20.3 Å². The van der Waals surface area contributed by atoms with Crippen LogP contribution in [0.15, 0.2) is 35.3 Å². The number of carbonyl (C=O) groups excluding carboxylic acids is 1. The molecule has 1 aromatic rings. The van der Waals surface area contributed by atoms with E-state index in [-0.39, 0.29) is 23.3 Å². The molecule has 0 spiro atoms. The van der Waals surface area contributed by atoms with Gasteiger partial charge in [0.2, 0.25) is 5.91 Å². The third kappa shape index (κ3) is 5.50. The Morgan fingerprint density at radius 3 is 2.66 bits per heavy atom. The van der Waals surface area contributed by atoms with Gasteiger partial charge in [0, 0.05) is 50.2 Å². The van der Waals surface area contributed by atoms with Crippen molar-refractivity contribution in [3.05, 3.63) is 35.9 Å². The summed E-state index contributed by atoms with van der Waals surface area (Å²) in [5.41, 5.74) is 1.37. The zero-order chi connectivity index (χ0) is 20.7. The summed E-state index contributed by atoms with van der Waals surface area (Å²) in [5, 5.41) is 6.95. The quantitative estimate of drug-likeness (QED) is 0.569. The number of nitrogens with one attached hydrogen (secondary N) is 2. The molecule has 1 aromatic carbocycles.